The Morgan fingerprint density at radius 1 is 1.35 bits per heavy atom. The van der Waals surface area contributed by atoms with Gasteiger partial charge in [-0.25, -0.2) is 0 Å². The van der Waals surface area contributed by atoms with Crippen molar-refractivity contribution in [1.82, 2.24) is 19.8 Å². The minimum Gasteiger partial charge on any atom is -0.366 e. The van der Waals surface area contributed by atoms with E-state index in [-0.39, 0.29) is 11.9 Å². The molecule has 138 valence electrons. The first-order chi connectivity index (χ1) is 12.6. The van der Waals surface area contributed by atoms with Crippen LogP contribution < -0.4 is 11.1 Å². The number of rotatable bonds is 5. The molecule has 2 amide bonds. The van der Waals surface area contributed by atoms with Crippen molar-refractivity contribution in [3.8, 4) is 0 Å². The zero-order valence-corrected chi connectivity index (χ0v) is 15.0. The molecular formula is C19H25N5O2. The van der Waals surface area contributed by atoms with Gasteiger partial charge in [0.25, 0.3) is 5.91 Å². The lowest BCUT2D eigenvalue weighted by Gasteiger charge is -2.31. The summed E-state index contributed by atoms with van der Waals surface area (Å²) in [4.78, 5) is 31.0. The molecule has 2 aromatic heterocycles. The van der Waals surface area contributed by atoms with Crippen molar-refractivity contribution in [3.63, 3.8) is 0 Å². The summed E-state index contributed by atoms with van der Waals surface area (Å²) < 4.78 is 1.67. The van der Waals surface area contributed by atoms with E-state index < -0.39 is 5.91 Å². The molecule has 2 aromatic rings. The molecule has 1 atom stereocenters. The van der Waals surface area contributed by atoms with Crippen LogP contribution in [0.5, 0.6) is 0 Å². The van der Waals surface area contributed by atoms with Gasteiger partial charge in [0, 0.05) is 25.5 Å². The van der Waals surface area contributed by atoms with Gasteiger partial charge in [-0.15, -0.1) is 0 Å². The molecule has 26 heavy (non-hydrogen) atoms. The largest absolute Gasteiger partial charge is 0.366 e. The fourth-order valence-electron chi connectivity index (χ4n) is 3.40. The van der Waals surface area contributed by atoms with Crippen molar-refractivity contribution in [2.45, 2.75) is 31.8 Å². The number of aromatic nitrogens is 2. The summed E-state index contributed by atoms with van der Waals surface area (Å²) in [5.74, 6) is -0.632. The van der Waals surface area contributed by atoms with Gasteiger partial charge in [0.05, 0.1) is 17.8 Å². The van der Waals surface area contributed by atoms with Crippen LogP contribution in [0, 0.1) is 0 Å². The van der Waals surface area contributed by atoms with E-state index in [1.807, 2.05) is 23.1 Å². The molecule has 3 heterocycles. The molecule has 0 aromatic carbocycles. The van der Waals surface area contributed by atoms with E-state index in [4.69, 9.17) is 5.73 Å². The Hall–Kier alpha value is -2.67. The Labute approximate surface area is 153 Å². The fourth-order valence-corrected chi connectivity index (χ4v) is 3.40. The third kappa shape index (κ3) is 4.11. The molecule has 0 radical (unpaired) electrons. The first-order valence-corrected chi connectivity index (χ1v) is 8.94. The molecule has 1 saturated heterocycles. The monoisotopic (exact) mass is 355 g/mol. The van der Waals surface area contributed by atoms with Crippen molar-refractivity contribution in [1.29, 1.82) is 0 Å². The van der Waals surface area contributed by atoms with Gasteiger partial charge < -0.3 is 20.5 Å². The highest BCUT2D eigenvalue weighted by molar-refractivity contribution is 5.98. The Bertz CT molecular complexity index is 763. The summed E-state index contributed by atoms with van der Waals surface area (Å²) in [7, 11) is 1.76. The van der Waals surface area contributed by atoms with E-state index >= 15 is 0 Å². The van der Waals surface area contributed by atoms with Gasteiger partial charge in [-0.1, -0.05) is 6.07 Å². The molecule has 0 saturated carbocycles. The van der Waals surface area contributed by atoms with E-state index in [0.717, 1.165) is 38.0 Å². The molecular weight excluding hydrogens is 330 g/mol. The number of nitrogens with two attached hydrogens (primary N) is 1. The SMILES string of the molecule is Cn1cc(C(N)=O)cc1C(=O)N(Cc1ccccn1)C1CCCNCC1. The molecule has 0 bridgehead atoms. The number of pyridine rings is 1. The molecule has 1 aliphatic heterocycles. The number of carbonyl (C=O) groups is 2. The van der Waals surface area contributed by atoms with Crippen LogP contribution in [0.15, 0.2) is 36.7 Å². The van der Waals surface area contributed by atoms with Crippen LogP contribution in [-0.2, 0) is 13.6 Å². The Morgan fingerprint density at radius 3 is 2.88 bits per heavy atom. The van der Waals surface area contributed by atoms with Crippen molar-refractivity contribution in [2.75, 3.05) is 13.1 Å². The molecule has 0 aliphatic carbocycles. The molecule has 3 N–H and O–H groups in total. The summed E-state index contributed by atoms with van der Waals surface area (Å²) in [6, 6.07) is 7.42. The zero-order valence-electron chi connectivity index (χ0n) is 15.0. The van der Waals surface area contributed by atoms with E-state index in [0.29, 0.717) is 17.8 Å². The first-order valence-electron chi connectivity index (χ1n) is 8.94. The van der Waals surface area contributed by atoms with E-state index in [1.165, 1.54) is 0 Å². The molecule has 7 heteroatoms. The van der Waals surface area contributed by atoms with Crippen molar-refractivity contribution in [2.24, 2.45) is 12.8 Å². The average Bonchev–Trinajstić information content (AvgIpc) is 2.85. The molecule has 0 spiro atoms. The number of nitrogens with zero attached hydrogens (tertiary/aromatic N) is 3. The molecule has 1 unspecified atom stereocenters. The minimum absolute atomic E-state index is 0.0995. The maximum Gasteiger partial charge on any atom is 0.271 e. The lowest BCUT2D eigenvalue weighted by molar-refractivity contribution is 0.0632. The number of hydrogen-bond donors (Lipinski definition) is 2. The standard InChI is InChI=1S/C19H25N5O2/c1-23-12-14(18(20)25)11-17(23)19(26)24(13-15-5-2-3-9-22-15)16-6-4-8-21-10-7-16/h2-3,5,9,11-12,16,21H,4,6-8,10,13H2,1H3,(H2,20,25). The van der Waals surface area contributed by atoms with E-state index in [2.05, 4.69) is 10.3 Å². The first kappa shape index (κ1) is 18.1. The van der Waals surface area contributed by atoms with Gasteiger partial charge in [0.15, 0.2) is 0 Å². The summed E-state index contributed by atoms with van der Waals surface area (Å²) in [6.45, 7) is 2.30. The fraction of sp³-hybridized carbons (Fsp3) is 0.421. The van der Waals surface area contributed by atoms with Crippen LogP contribution in [0.4, 0.5) is 0 Å². The molecule has 7 nitrogen and oxygen atoms in total. The normalized spacial score (nSPS) is 17.5. The van der Waals surface area contributed by atoms with Crippen molar-refractivity contribution >= 4 is 11.8 Å². The van der Waals surface area contributed by atoms with Gasteiger partial charge in [-0.3, -0.25) is 14.6 Å². The molecule has 3 rings (SSSR count). The van der Waals surface area contributed by atoms with Crippen molar-refractivity contribution < 1.29 is 9.59 Å². The van der Waals surface area contributed by atoms with Gasteiger partial charge in [0.2, 0.25) is 5.91 Å². The maximum atomic E-state index is 13.3. The van der Waals surface area contributed by atoms with Crippen LogP contribution in [0.2, 0.25) is 0 Å². The number of aryl methyl sites for hydroxylation is 1. The quantitative estimate of drug-likeness (QED) is 0.845. The third-order valence-corrected chi connectivity index (χ3v) is 4.81. The number of carbonyl (C=O) groups excluding carboxylic acids is 2. The van der Waals surface area contributed by atoms with Crippen LogP contribution >= 0.6 is 0 Å². The topological polar surface area (TPSA) is 93.2 Å². The second-order valence-corrected chi connectivity index (χ2v) is 6.68. The van der Waals surface area contributed by atoms with Crippen LogP contribution in [-0.4, -0.2) is 45.4 Å². The summed E-state index contributed by atoms with van der Waals surface area (Å²) in [5.41, 5.74) is 7.02. The van der Waals surface area contributed by atoms with Crippen LogP contribution in [0.1, 0.15) is 45.8 Å². The number of amides is 2. The molecule has 1 fully saturated rings. The Kier molecular flexibility index (Phi) is 5.68. The minimum atomic E-state index is -0.533. The van der Waals surface area contributed by atoms with E-state index in [1.54, 1.807) is 30.1 Å². The van der Waals surface area contributed by atoms with Gasteiger partial charge in [0.1, 0.15) is 5.69 Å². The predicted octanol–water partition coefficient (Wildman–Crippen LogP) is 1.30. The predicted molar refractivity (Wildman–Crippen MR) is 98.6 cm³/mol. The number of hydrogen-bond acceptors (Lipinski definition) is 4. The second-order valence-electron chi connectivity index (χ2n) is 6.68. The zero-order chi connectivity index (χ0) is 18.5. The highest BCUT2D eigenvalue weighted by atomic mass is 16.2. The van der Waals surface area contributed by atoms with Gasteiger partial charge >= 0.3 is 0 Å². The molecule has 1 aliphatic rings. The third-order valence-electron chi connectivity index (χ3n) is 4.81. The number of primary amides is 1. The second kappa shape index (κ2) is 8.14. The lowest BCUT2D eigenvalue weighted by Crippen LogP contribution is -2.41. The lowest BCUT2D eigenvalue weighted by atomic mass is 10.1. The van der Waals surface area contributed by atoms with Crippen LogP contribution in [0.25, 0.3) is 0 Å². The Balaban J connectivity index is 1.90. The highest BCUT2D eigenvalue weighted by Crippen LogP contribution is 2.20. The van der Waals surface area contributed by atoms with E-state index in [9.17, 15) is 9.59 Å². The van der Waals surface area contributed by atoms with Crippen LogP contribution in [0.3, 0.4) is 0 Å². The van der Waals surface area contributed by atoms with Gasteiger partial charge in [-0.2, -0.15) is 0 Å². The summed E-state index contributed by atoms with van der Waals surface area (Å²) >= 11 is 0. The number of nitrogens with one attached hydrogen (secondary N) is 1. The Morgan fingerprint density at radius 2 is 2.19 bits per heavy atom. The summed E-state index contributed by atoms with van der Waals surface area (Å²) in [5, 5.41) is 3.39. The smallest absolute Gasteiger partial charge is 0.271 e. The van der Waals surface area contributed by atoms with Gasteiger partial charge in [-0.05, 0) is 50.6 Å². The highest BCUT2D eigenvalue weighted by Gasteiger charge is 2.28. The average molecular weight is 355 g/mol. The maximum absolute atomic E-state index is 13.3. The summed E-state index contributed by atoms with van der Waals surface area (Å²) in [6.07, 6.45) is 6.20. The van der Waals surface area contributed by atoms with Crippen molar-refractivity contribution in [3.05, 3.63) is 53.6 Å².